The van der Waals surface area contributed by atoms with Crippen LogP contribution in [0.4, 0.5) is 10.7 Å². The minimum absolute atomic E-state index is 0.193. The fourth-order valence-electron chi connectivity index (χ4n) is 1.76. The molecule has 0 bridgehead atoms. The fraction of sp³-hybridized carbons (Fsp3) is 0.143. The van der Waals surface area contributed by atoms with E-state index in [4.69, 9.17) is 5.73 Å². The summed E-state index contributed by atoms with van der Waals surface area (Å²) in [6, 6.07) is 11.2. The fourth-order valence-corrected chi connectivity index (χ4v) is 2.56. The summed E-state index contributed by atoms with van der Waals surface area (Å²) in [4.78, 5) is 25.0. The van der Waals surface area contributed by atoms with Gasteiger partial charge in [-0.05, 0) is 23.6 Å². The molecule has 3 N–H and O–H groups in total. The van der Waals surface area contributed by atoms with Gasteiger partial charge in [0.15, 0.2) is 0 Å². The Bertz CT molecular complexity index is 610. The molecule has 1 aromatic carbocycles. The molecular weight excluding hydrogens is 274 g/mol. The third-order valence-electron chi connectivity index (χ3n) is 2.76. The van der Waals surface area contributed by atoms with Crippen LogP contribution in [0, 0.1) is 0 Å². The Kier molecular flexibility index (Phi) is 4.37. The molecule has 0 saturated heterocycles. The Morgan fingerprint density at radius 1 is 1.25 bits per heavy atom. The summed E-state index contributed by atoms with van der Waals surface area (Å²) >= 11 is 1.28. The van der Waals surface area contributed by atoms with Gasteiger partial charge in [-0.2, -0.15) is 0 Å². The SMILES string of the molecule is CN(CC(=O)Nc1sccc1C(N)=O)c1ccccc1. The number of rotatable bonds is 5. The van der Waals surface area contributed by atoms with Crippen LogP contribution in [0.25, 0.3) is 0 Å². The number of benzene rings is 1. The first-order valence-electron chi connectivity index (χ1n) is 6.01. The molecule has 5 nitrogen and oxygen atoms in total. The molecule has 0 spiro atoms. The van der Waals surface area contributed by atoms with Gasteiger partial charge in [0.25, 0.3) is 5.91 Å². The standard InChI is InChI=1S/C14H15N3O2S/c1-17(10-5-3-2-4-6-10)9-12(18)16-14-11(13(15)19)7-8-20-14/h2-8H,9H2,1H3,(H2,15,19)(H,16,18). The van der Waals surface area contributed by atoms with E-state index in [-0.39, 0.29) is 12.5 Å². The normalized spacial score (nSPS) is 10.1. The number of likely N-dealkylation sites (N-methyl/N-ethyl adjacent to an activating group) is 1. The number of hydrogen-bond acceptors (Lipinski definition) is 4. The lowest BCUT2D eigenvalue weighted by atomic mass is 10.3. The maximum Gasteiger partial charge on any atom is 0.251 e. The monoisotopic (exact) mass is 289 g/mol. The Balaban J connectivity index is 1.99. The quantitative estimate of drug-likeness (QED) is 0.883. The predicted octanol–water partition coefficient (Wildman–Crippen LogP) is 1.92. The molecular formula is C14H15N3O2S. The lowest BCUT2D eigenvalue weighted by molar-refractivity contribution is -0.114. The van der Waals surface area contributed by atoms with Crippen molar-refractivity contribution in [3.63, 3.8) is 0 Å². The Labute approximate surface area is 121 Å². The molecule has 0 aliphatic rings. The number of carbonyl (C=O) groups is 2. The molecule has 0 radical (unpaired) electrons. The van der Waals surface area contributed by atoms with Crippen LogP contribution in [0.5, 0.6) is 0 Å². The van der Waals surface area contributed by atoms with E-state index in [0.29, 0.717) is 10.6 Å². The zero-order chi connectivity index (χ0) is 14.5. The van der Waals surface area contributed by atoms with Gasteiger partial charge in [-0.25, -0.2) is 0 Å². The van der Waals surface area contributed by atoms with E-state index >= 15 is 0 Å². The second-order valence-corrected chi connectivity index (χ2v) is 5.18. The third kappa shape index (κ3) is 3.36. The highest BCUT2D eigenvalue weighted by molar-refractivity contribution is 7.14. The third-order valence-corrected chi connectivity index (χ3v) is 3.59. The van der Waals surface area contributed by atoms with E-state index in [2.05, 4.69) is 5.32 Å². The van der Waals surface area contributed by atoms with Gasteiger partial charge < -0.3 is 16.0 Å². The van der Waals surface area contributed by atoms with Gasteiger partial charge in [0, 0.05) is 12.7 Å². The molecule has 104 valence electrons. The van der Waals surface area contributed by atoms with Crippen molar-refractivity contribution in [2.45, 2.75) is 0 Å². The van der Waals surface area contributed by atoms with Gasteiger partial charge in [0.1, 0.15) is 5.00 Å². The first-order chi connectivity index (χ1) is 9.58. The van der Waals surface area contributed by atoms with Crippen molar-refractivity contribution >= 4 is 33.8 Å². The van der Waals surface area contributed by atoms with Crippen LogP contribution in [0.1, 0.15) is 10.4 Å². The van der Waals surface area contributed by atoms with Crippen molar-refractivity contribution in [2.24, 2.45) is 5.73 Å². The van der Waals surface area contributed by atoms with Crippen molar-refractivity contribution < 1.29 is 9.59 Å². The molecule has 0 fully saturated rings. The number of nitrogens with two attached hydrogens (primary N) is 1. The Hall–Kier alpha value is -2.34. The number of anilines is 2. The minimum atomic E-state index is -0.544. The van der Waals surface area contributed by atoms with Crippen molar-refractivity contribution in [1.82, 2.24) is 0 Å². The van der Waals surface area contributed by atoms with Gasteiger partial charge in [-0.3, -0.25) is 9.59 Å². The van der Waals surface area contributed by atoms with Crippen LogP contribution in [0.3, 0.4) is 0 Å². The number of amides is 2. The summed E-state index contributed by atoms with van der Waals surface area (Å²) in [7, 11) is 1.83. The summed E-state index contributed by atoms with van der Waals surface area (Å²) in [5.41, 5.74) is 6.52. The van der Waals surface area contributed by atoms with Crippen LogP contribution in [-0.4, -0.2) is 25.4 Å². The topological polar surface area (TPSA) is 75.4 Å². The van der Waals surface area contributed by atoms with Gasteiger partial charge in [0.05, 0.1) is 12.1 Å². The van der Waals surface area contributed by atoms with Gasteiger partial charge >= 0.3 is 0 Å². The molecule has 0 saturated carbocycles. The van der Waals surface area contributed by atoms with E-state index in [1.54, 1.807) is 11.4 Å². The molecule has 0 atom stereocenters. The summed E-state index contributed by atoms with van der Waals surface area (Å²) in [5.74, 6) is -0.737. The summed E-state index contributed by atoms with van der Waals surface area (Å²) in [6.07, 6.45) is 0. The van der Waals surface area contributed by atoms with Crippen molar-refractivity contribution in [2.75, 3.05) is 23.8 Å². The Morgan fingerprint density at radius 2 is 1.95 bits per heavy atom. The molecule has 0 aliphatic carbocycles. The number of para-hydroxylation sites is 1. The maximum absolute atomic E-state index is 12.0. The number of primary amides is 1. The lowest BCUT2D eigenvalue weighted by Gasteiger charge is -2.18. The number of thiophene rings is 1. The molecule has 2 rings (SSSR count). The summed E-state index contributed by atoms with van der Waals surface area (Å²) < 4.78 is 0. The summed E-state index contributed by atoms with van der Waals surface area (Å²) in [6.45, 7) is 0.195. The maximum atomic E-state index is 12.0. The first-order valence-corrected chi connectivity index (χ1v) is 6.89. The first kappa shape index (κ1) is 14.1. The molecule has 2 amide bonds. The minimum Gasteiger partial charge on any atom is -0.366 e. The highest BCUT2D eigenvalue weighted by Crippen LogP contribution is 2.22. The smallest absolute Gasteiger partial charge is 0.251 e. The zero-order valence-corrected chi connectivity index (χ0v) is 11.8. The molecule has 6 heteroatoms. The van der Waals surface area contributed by atoms with Crippen LogP contribution in [-0.2, 0) is 4.79 Å². The van der Waals surface area contributed by atoms with Gasteiger partial charge in [0.2, 0.25) is 5.91 Å². The summed E-state index contributed by atoms with van der Waals surface area (Å²) in [5, 5.41) is 4.92. The lowest BCUT2D eigenvalue weighted by Crippen LogP contribution is -2.30. The largest absolute Gasteiger partial charge is 0.366 e. The van der Waals surface area contributed by atoms with E-state index in [1.165, 1.54) is 11.3 Å². The van der Waals surface area contributed by atoms with E-state index in [0.717, 1.165) is 5.69 Å². The predicted molar refractivity (Wildman–Crippen MR) is 81.2 cm³/mol. The zero-order valence-electron chi connectivity index (χ0n) is 11.0. The molecule has 0 aliphatic heterocycles. The van der Waals surface area contributed by atoms with E-state index < -0.39 is 5.91 Å². The molecule has 2 aromatic rings. The molecule has 1 heterocycles. The van der Waals surface area contributed by atoms with Crippen molar-refractivity contribution in [1.29, 1.82) is 0 Å². The number of hydrogen-bond donors (Lipinski definition) is 2. The Morgan fingerprint density at radius 3 is 2.60 bits per heavy atom. The number of nitrogens with zero attached hydrogens (tertiary/aromatic N) is 1. The molecule has 0 unspecified atom stereocenters. The van der Waals surface area contributed by atoms with Gasteiger partial charge in [-0.1, -0.05) is 18.2 Å². The van der Waals surface area contributed by atoms with Crippen molar-refractivity contribution in [3.8, 4) is 0 Å². The van der Waals surface area contributed by atoms with Gasteiger partial charge in [-0.15, -0.1) is 11.3 Å². The highest BCUT2D eigenvalue weighted by Gasteiger charge is 2.13. The van der Waals surface area contributed by atoms with Crippen molar-refractivity contribution in [3.05, 3.63) is 47.3 Å². The highest BCUT2D eigenvalue weighted by atomic mass is 32.1. The average molecular weight is 289 g/mol. The van der Waals surface area contributed by atoms with Crippen LogP contribution < -0.4 is 16.0 Å². The number of nitrogens with one attached hydrogen (secondary N) is 1. The van der Waals surface area contributed by atoms with Crippen LogP contribution in [0.2, 0.25) is 0 Å². The molecule has 1 aromatic heterocycles. The average Bonchev–Trinajstić information content (AvgIpc) is 2.87. The number of carbonyl (C=O) groups excluding carboxylic acids is 2. The van der Waals surface area contributed by atoms with Crippen LogP contribution in [0.15, 0.2) is 41.8 Å². The second-order valence-electron chi connectivity index (χ2n) is 4.27. The molecule has 20 heavy (non-hydrogen) atoms. The van der Waals surface area contributed by atoms with E-state index in [1.807, 2.05) is 42.3 Å². The van der Waals surface area contributed by atoms with E-state index in [9.17, 15) is 9.59 Å². The second kappa shape index (κ2) is 6.21. The van der Waals surface area contributed by atoms with Crippen LogP contribution >= 0.6 is 11.3 Å².